The molecule has 0 atom stereocenters. The minimum atomic E-state index is -0.847. The van der Waals surface area contributed by atoms with Crippen LogP contribution in [0.4, 0.5) is 5.82 Å². The van der Waals surface area contributed by atoms with Crippen LogP contribution in [-0.4, -0.2) is 28.1 Å². The number of hydrogen-bond donors (Lipinski definition) is 2. The largest absolute Gasteiger partial charge is 0.335 e. The summed E-state index contributed by atoms with van der Waals surface area (Å²) < 4.78 is 1.45. The molecule has 0 radical (unpaired) electrons. The summed E-state index contributed by atoms with van der Waals surface area (Å²) in [4.78, 5) is 22.4. The molecule has 0 bridgehead atoms. The molecule has 7 nitrogen and oxygen atoms in total. The summed E-state index contributed by atoms with van der Waals surface area (Å²) >= 11 is 0. The van der Waals surface area contributed by atoms with Crippen LogP contribution in [0.1, 0.15) is 5.69 Å². The fourth-order valence-electron chi connectivity index (χ4n) is 1.10. The second-order valence-electron chi connectivity index (χ2n) is 3.09. The maximum Gasteiger partial charge on any atom is 0.314 e. The van der Waals surface area contributed by atoms with E-state index in [2.05, 4.69) is 15.7 Å². The molecule has 2 N–H and O–H groups in total. The third-order valence-electron chi connectivity index (χ3n) is 1.78. The van der Waals surface area contributed by atoms with E-state index < -0.39 is 11.8 Å². The lowest BCUT2D eigenvalue weighted by molar-refractivity contribution is -0.136. The smallest absolute Gasteiger partial charge is 0.314 e. The monoisotopic (exact) mass is 221 g/mol. The molecule has 2 amide bonds. The molecule has 0 unspecified atom stereocenters. The number of aryl methyl sites for hydroxylation is 2. The lowest BCUT2D eigenvalue weighted by Crippen LogP contribution is -2.35. The number of nitriles is 1. The third kappa shape index (κ3) is 2.81. The Labute approximate surface area is 92.0 Å². The van der Waals surface area contributed by atoms with Crippen molar-refractivity contribution >= 4 is 17.6 Å². The van der Waals surface area contributed by atoms with Gasteiger partial charge in [0.05, 0.1) is 11.8 Å². The summed E-state index contributed by atoms with van der Waals surface area (Å²) in [6.45, 7) is 1.57. The topological polar surface area (TPSA) is 99.8 Å². The predicted octanol–water partition coefficient (Wildman–Crippen LogP) is -0.693. The molecule has 0 aromatic carbocycles. The number of hydrogen-bond acceptors (Lipinski definition) is 4. The highest BCUT2D eigenvalue weighted by molar-refractivity contribution is 6.39. The van der Waals surface area contributed by atoms with Crippen LogP contribution < -0.4 is 10.6 Å². The average molecular weight is 221 g/mol. The van der Waals surface area contributed by atoms with Crippen molar-refractivity contribution in [1.29, 1.82) is 5.26 Å². The first kappa shape index (κ1) is 11.7. The lowest BCUT2D eigenvalue weighted by Gasteiger charge is -2.03. The van der Waals surface area contributed by atoms with Crippen LogP contribution in [0.2, 0.25) is 0 Å². The van der Waals surface area contributed by atoms with Gasteiger partial charge in [0.2, 0.25) is 0 Å². The Morgan fingerprint density at radius 2 is 2.25 bits per heavy atom. The Bertz CT molecular complexity index is 457. The molecule has 0 saturated carbocycles. The van der Waals surface area contributed by atoms with Gasteiger partial charge in [-0.3, -0.25) is 14.3 Å². The van der Waals surface area contributed by atoms with Crippen molar-refractivity contribution in [2.75, 3.05) is 11.9 Å². The Morgan fingerprint density at radius 1 is 1.56 bits per heavy atom. The zero-order chi connectivity index (χ0) is 12.1. The molecule has 7 heteroatoms. The second-order valence-corrected chi connectivity index (χ2v) is 3.09. The number of amides is 2. The van der Waals surface area contributed by atoms with Crippen LogP contribution in [0.3, 0.4) is 0 Å². The zero-order valence-electron chi connectivity index (χ0n) is 8.94. The number of nitrogens with zero attached hydrogens (tertiary/aromatic N) is 3. The molecule has 1 aromatic heterocycles. The highest BCUT2D eigenvalue weighted by atomic mass is 16.2. The maximum absolute atomic E-state index is 11.3. The molecular formula is C9H11N5O2. The van der Waals surface area contributed by atoms with E-state index in [9.17, 15) is 9.59 Å². The first-order valence-corrected chi connectivity index (χ1v) is 4.51. The van der Waals surface area contributed by atoms with Gasteiger partial charge in [0.1, 0.15) is 12.4 Å². The SMILES string of the molecule is Cc1cc(NC(=O)C(=O)NCC#N)n(C)n1. The van der Waals surface area contributed by atoms with E-state index in [1.165, 1.54) is 4.68 Å². The number of carbonyl (C=O) groups excluding carboxylic acids is 2. The van der Waals surface area contributed by atoms with Gasteiger partial charge in [-0.25, -0.2) is 0 Å². The second kappa shape index (κ2) is 4.93. The van der Waals surface area contributed by atoms with Gasteiger partial charge in [0, 0.05) is 13.1 Å². The van der Waals surface area contributed by atoms with Crippen molar-refractivity contribution in [3.8, 4) is 6.07 Å². The summed E-state index contributed by atoms with van der Waals surface area (Å²) in [5, 5.41) is 16.7. The highest BCUT2D eigenvalue weighted by Gasteiger charge is 2.14. The fraction of sp³-hybridized carbons (Fsp3) is 0.333. The summed E-state index contributed by atoms with van der Waals surface area (Å²) in [6, 6.07) is 3.34. The van der Waals surface area contributed by atoms with Crippen LogP contribution in [0.5, 0.6) is 0 Å². The molecule has 0 aliphatic heterocycles. The van der Waals surface area contributed by atoms with E-state index in [0.717, 1.165) is 5.69 Å². The molecule has 1 rings (SSSR count). The van der Waals surface area contributed by atoms with Crippen LogP contribution in [0.15, 0.2) is 6.07 Å². The molecular weight excluding hydrogens is 210 g/mol. The summed E-state index contributed by atoms with van der Waals surface area (Å²) in [5.41, 5.74) is 0.732. The van der Waals surface area contributed by atoms with Gasteiger partial charge in [-0.1, -0.05) is 0 Å². The van der Waals surface area contributed by atoms with E-state index in [-0.39, 0.29) is 6.54 Å². The van der Waals surface area contributed by atoms with Crippen molar-refractivity contribution in [2.24, 2.45) is 7.05 Å². The van der Waals surface area contributed by atoms with Crippen molar-refractivity contribution < 1.29 is 9.59 Å². The fourth-order valence-corrected chi connectivity index (χ4v) is 1.10. The van der Waals surface area contributed by atoms with E-state index in [1.54, 1.807) is 26.1 Å². The van der Waals surface area contributed by atoms with Crippen LogP contribution in [-0.2, 0) is 16.6 Å². The number of carbonyl (C=O) groups is 2. The van der Waals surface area contributed by atoms with Crippen LogP contribution in [0, 0.1) is 18.3 Å². The van der Waals surface area contributed by atoms with Gasteiger partial charge >= 0.3 is 11.8 Å². The molecule has 16 heavy (non-hydrogen) atoms. The van der Waals surface area contributed by atoms with Gasteiger partial charge in [0.15, 0.2) is 0 Å². The zero-order valence-corrected chi connectivity index (χ0v) is 8.94. The van der Waals surface area contributed by atoms with E-state index in [1.807, 2.05) is 0 Å². The van der Waals surface area contributed by atoms with E-state index in [4.69, 9.17) is 5.26 Å². The molecule has 0 fully saturated rings. The van der Waals surface area contributed by atoms with Crippen molar-refractivity contribution in [1.82, 2.24) is 15.1 Å². The summed E-state index contributed by atoms with van der Waals surface area (Å²) in [6.07, 6.45) is 0. The van der Waals surface area contributed by atoms with Gasteiger partial charge in [0.25, 0.3) is 0 Å². The predicted molar refractivity (Wildman–Crippen MR) is 55.2 cm³/mol. The normalized spacial score (nSPS) is 9.31. The number of rotatable bonds is 2. The molecule has 0 aliphatic carbocycles. The van der Waals surface area contributed by atoms with Crippen molar-refractivity contribution in [2.45, 2.75) is 6.92 Å². The Morgan fingerprint density at radius 3 is 2.75 bits per heavy atom. The van der Waals surface area contributed by atoms with Gasteiger partial charge < -0.3 is 10.6 Å². The molecule has 84 valence electrons. The Kier molecular flexibility index (Phi) is 3.61. The van der Waals surface area contributed by atoms with Crippen LogP contribution >= 0.6 is 0 Å². The van der Waals surface area contributed by atoms with E-state index in [0.29, 0.717) is 5.82 Å². The molecule has 1 aromatic rings. The van der Waals surface area contributed by atoms with E-state index >= 15 is 0 Å². The number of anilines is 1. The molecule has 0 spiro atoms. The first-order valence-electron chi connectivity index (χ1n) is 4.51. The average Bonchev–Trinajstić information content (AvgIpc) is 2.53. The van der Waals surface area contributed by atoms with Crippen LogP contribution in [0.25, 0.3) is 0 Å². The standard InChI is InChI=1S/C9H11N5O2/c1-6-5-7(14(2)13-6)12-9(16)8(15)11-4-3-10/h5H,4H2,1-2H3,(H,11,15)(H,12,16). The Balaban J connectivity index is 2.61. The van der Waals surface area contributed by atoms with Gasteiger partial charge in [-0.15, -0.1) is 0 Å². The minimum Gasteiger partial charge on any atom is -0.335 e. The lowest BCUT2D eigenvalue weighted by atomic mass is 10.4. The maximum atomic E-state index is 11.3. The quantitative estimate of drug-likeness (QED) is 0.509. The summed E-state index contributed by atoms with van der Waals surface area (Å²) in [7, 11) is 1.65. The number of nitrogens with one attached hydrogen (secondary N) is 2. The number of aromatic nitrogens is 2. The third-order valence-corrected chi connectivity index (χ3v) is 1.78. The highest BCUT2D eigenvalue weighted by Crippen LogP contribution is 2.07. The Hall–Kier alpha value is -2.36. The molecule has 0 aliphatic rings. The van der Waals surface area contributed by atoms with Crippen molar-refractivity contribution in [3.05, 3.63) is 11.8 Å². The van der Waals surface area contributed by atoms with Gasteiger partial charge in [-0.2, -0.15) is 10.4 Å². The first-order chi connectivity index (χ1) is 7.54. The minimum absolute atomic E-state index is 0.198. The molecule has 1 heterocycles. The molecule has 0 saturated heterocycles. The summed E-state index contributed by atoms with van der Waals surface area (Å²) in [5.74, 6) is -1.24. The van der Waals surface area contributed by atoms with Gasteiger partial charge in [-0.05, 0) is 6.92 Å². The van der Waals surface area contributed by atoms with Crippen molar-refractivity contribution in [3.63, 3.8) is 0 Å².